The maximum absolute atomic E-state index is 12.1. The number of nitrogens with zero attached hydrogens (tertiary/aromatic N) is 5. The van der Waals surface area contributed by atoms with E-state index in [2.05, 4.69) is 34.2 Å². The molecule has 2 aromatic carbocycles. The molecule has 0 radical (unpaired) electrons. The van der Waals surface area contributed by atoms with E-state index in [4.69, 9.17) is 33.2 Å². The maximum atomic E-state index is 12.1. The number of likely N-dealkylation sites (N-methyl/N-ethyl adjacent to an activating group) is 1. The molecule has 0 saturated carbocycles. The molecule has 0 N–H and O–H groups in total. The number of rotatable bonds is 27. The molecule has 0 fully saturated rings. The number of benzene rings is 2. The molecule has 0 saturated heterocycles. The molecule has 0 bridgehead atoms. The Labute approximate surface area is 327 Å². The van der Waals surface area contributed by atoms with E-state index in [0.717, 1.165) is 29.1 Å². The van der Waals surface area contributed by atoms with Crippen molar-refractivity contribution in [3.05, 3.63) is 75.2 Å². The first-order valence-corrected chi connectivity index (χ1v) is 19.0. The van der Waals surface area contributed by atoms with Crippen molar-refractivity contribution in [1.82, 2.24) is 0 Å². The Kier molecular flexibility index (Phi) is 20.8. The van der Waals surface area contributed by atoms with E-state index in [9.17, 15) is 20.1 Å². The number of esters is 1. The van der Waals surface area contributed by atoms with Gasteiger partial charge in [0.05, 0.1) is 95.1 Å². The predicted molar refractivity (Wildman–Crippen MR) is 208 cm³/mol. The SMILES string of the molecule is CCN(CC(COC(C)C)OCCOCCOCCOCCOCCOC(=O)c1ccccc1C=O)c1ccc(N=Nc2sc(C#N)c(C)c2C#N)c(C)c1. The van der Waals surface area contributed by atoms with Crippen molar-refractivity contribution in [1.29, 1.82) is 10.5 Å². The van der Waals surface area contributed by atoms with Gasteiger partial charge in [-0.1, -0.05) is 18.2 Å². The van der Waals surface area contributed by atoms with E-state index < -0.39 is 5.97 Å². The zero-order valence-electron chi connectivity index (χ0n) is 32.3. The molecule has 14 nitrogen and oxygen atoms in total. The molecule has 0 aliphatic rings. The second-order valence-electron chi connectivity index (χ2n) is 12.3. The van der Waals surface area contributed by atoms with Crippen LogP contribution in [0.3, 0.4) is 0 Å². The van der Waals surface area contributed by atoms with Crippen LogP contribution in [0, 0.1) is 36.5 Å². The smallest absolute Gasteiger partial charge is 0.338 e. The van der Waals surface area contributed by atoms with Crippen LogP contribution in [0.25, 0.3) is 0 Å². The highest BCUT2D eigenvalue weighted by molar-refractivity contribution is 7.16. The van der Waals surface area contributed by atoms with E-state index in [-0.39, 0.29) is 36.5 Å². The second-order valence-corrected chi connectivity index (χ2v) is 13.3. The summed E-state index contributed by atoms with van der Waals surface area (Å²) in [7, 11) is 0. The number of azo groups is 1. The predicted octanol–water partition coefficient (Wildman–Crippen LogP) is 6.90. The first-order chi connectivity index (χ1) is 26.7. The van der Waals surface area contributed by atoms with Gasteiger partial charge < -0.3 is 38.1 Å². The Morgan fingerprint density at radius 1 is 0.855 bits per heavy atom. The minimum atomic E-state index is -0.563. The van der Waals surface area contributed by atoms with Crippen molar-refractivity contribution in [2.75, 3.05) is 90.7 Å². The number of carbonyl (C=O) groups excluding carboxylic acids is 2. The van der Waals surface area contributed by atoms with Crippen molar-refractivity contribution in [2.24, 2.45) is 10.2 Å². The highest BCUT2D eigenvalue weighted by Gasteiger charge is 2.18. The molecule has 1 heterocycles. The first kappa shape index (κ1) is 44.8. The number of thiophene rings is 1. The Morgan fingerprint density at radius 3 is 2.07 bits per heavy atom. The van der Waals surface area contributed by atoms with Gasteiger partial charge in [0, 0.05) is 24.3 Å². The molecule has 0 aliphatic heterocycles. The quantitative estimate of drug-likeness (QED) is 0.0340. The average molecular weight is 778 g/mol. The number of anilines is 1. The molecule has 0 spiro atoms. The number of nitriles is 2. The van der Waals surface area contributed by atoms with Crippen molar-refractivity contribution in [3.63, 3.8) is 0 Å². The van der Waals surface area contributed by atoms with Crippen LogP contribution < -0.4 is 4.90 Å². The van der Waals surface area contributed by atoms with Crippen molar-refractivity contribution in [3.8, 4) is 12.1 Å². The second kappa shape index (κ2) is 25.5. The van der Waals surface area contributed by atoms with Crippen LogP contribution in [0.2, 0.25) is 0 Å². The summed E-state index contributed by atoms with van der Waals surface area (Å²) in [5.74, 6) is -0.563. The monoisotopic (exact) mass is 777 g/mol. The summed E-state index contributed by atoms with van der Waals surface area (Å²) in [6, 6.07) is 16.6. The lowest BCUT2D eigenvalue weighted by molar-refractivity contribution is -0.0538. The molecule has 1 unspecified atom stereocenters. The van der Waals surface area contributed by atoms with E-state index >= 15 is 0 Å². The minimum absolute atomic E-state index is 0.0623. The Morgan fingerprint density at radius 2 is 1.49 bits per heavy atom. The van der Waals surface area contributed by atoms with Gasteiger partial charge in [-0.3, -0.25) is 4.79 Å². The third-order valence-corrected chi connectivity index (χ3v) is 9.10. The Hall–Kier alpha value is -4.58. The fourth-order valence-electron chi connectivity index (χ4n) is 5.06. The van der Waals surface area contributed by atoms with Crippen molar-refractivity contribution in [2.45, 2.75) is 46.8 Å². The zero-order valence-corrected chi connectivity index (χ0v) is 33.1. The Balaban J connectivity index is 1.30. The topological polar surface area (TPSA) is 174 Å². The van der Waals surface area contributed by atoms with Gasteiger partial charge in [0.25, 0.3) is 0 Å². The van der Waals surface area contributed by atoms with Gasteiger partial charge in [0.1, 0.15) is 23.6 Å². The lowest BCUT2D eigenvalue weighted by Gasteiger charge is -2.29. The van der Waals surface area contributed by atoms with Crippen LogP contribution in [-0.2, 0) is 33.2 Å². The number of aryl methyl sites for hydroxylation is 1. The van der Waals surface area contributed by atoms with Crippen molar-refractivity contribution < 1.29 is 42.7 Å². The molecule has 3 rings (SSSR count). The first-order valence-electron chi connectivity index (χ1n) is 18.2. The van der Waals surface area contributed by atoms with Crippen molar-refractivity contribution >= 4 is 40.0 Å². The fourth-order valence-corrected chi connectivity index (χ4v) is 5.94. The van der Waals surface area contributed by atoms with Crippen LogP contribution in [0.1, 0.15) is 63.1 Å². The lowest BCUT2D eigenvalue weighted by Crippen LogP contribution is -2.38. The largest absolute Gasteiger partial charge is 0.460 e. The molecule has 0 amide bonds. The summed E-state index contributed by atoms with van der Waals surface area (Å²) in [5, 5.41) is 28.0. The van der Waals surface area contributed by atoms with E-state index in [0.29, 0.717) is 99.0 Å². The maximum Gasteiger partial charge on any atom is 0.338 e. The molecule has 15 heteroatoms. The zero-order chi connectivity index (χ0) is 39.8. The van der Waals surface area contributed by atoms with Crippen LogP contribution in [0.15, 0.2) is 52.7 Å². The standard InChI is InChI=1S/C40H51N5O9S/c1-6-45(33-11-12-37(30(4)23-33)43-44-39-36(24-41)31(5)38(25-42)55-39)26-34(28-54-29(2)3)52-21-19-50-17-15-48-13-14-49-16-18-51-20-22-53-40(47)35-10-8-7-9-32(35)27-46/h7-12,23,27,29,34H,6,13-22,26,28H2,1-5H3. The molecular weight excluding hydrogens is 727 g/mol. The van der Waals surface area contributed by atoms with Crippen LogP contribution in [-0.4, -0.2) is 110 Å². The van der Waals surface area contributed by atoms with Gasteiger partial charge >= 0.3 is 5.97 Å². The molecule has 0 aliphatic carbocycles. The van der Waals surface area contributed by atoms with Gasteiger partial charge in [0.15, 0.2) is 11.3 Å². The number of ether oxygens (including phenoxy) is 7. The summed E-state index contributed by atoms with van der Waals surface area (Å²) in [6.45, 7) is 15.1. The number of aldehydes is 1. The van der Waals surface area contributed by atoms with Gasteiger partial charge in [-0.15, -0.1) is 21.6 Å². The van der Waals surface area contributed by atoms with E-state index in [1.165, 1.54) is 0 Å². The highest BCUT2D eigenvalue weighted by atomic mass is 32.1. The third kappa shape index (κ3) is 15.6. The summed E-state index contributed by atoms with van der Waals surface area (Å²) in [6.07, 6.45) is 0.495. The van der Waals surface area contributed by atoms with E-state index in [1.54, 1.807) is 31.2 Å². The number of hydrogen-bond donors (Lipinski definition) is 0. The third-order valence-electron chi connectivity index (χ3n) is 8.02. The molecular formula is C40H51N5O9S. The van der Waals surface area contributed by atoms with Gasteiger partial charge in [-0.05, 0) is 70.0 Å². The summed E-state index contributed by atoms with van der Waals surface area (Å²) in [4.78, 5) is 25.8. The summed E-state index contributed by atoms with van der Waals surface area (Å²) in [5.41, 5.74) is 4.14. The van der Waals surface area contributed by atoms with Gasteiger partial charge in [-0.25, -0.2) is 4.79 Å². The molecule has 1 aromatic heterocycles. The van der Waals surface area contributed by atoms with Gasteiger partial charge in [0.2, 0.25) is 0 Å². The lowest BCUT2D eigenvalue weighted by atomic mass is 10.1. The van der Waals surface area contributed by atoms with Crippen LogP contribution >= 0.6 is 11.3 Å². The molecule has 296 valence electrons. The molecule has 1 atom stereocenters. The Bertz CT molecular complexity index is 1750. The normalized spacial score (nSPS) is 11.8. The van der Waals surface area contributed by atoms with E-state index in [1.807, 2.05) is 39.0 Å². The summed E-state index contributed by atoms with van der Waals surface area (Å²) < 4.78 is 39.5. The highest BCUT2D eigenvalue weighted by Crippen LogP contribution is 2.36. The molecule has 55 heavy (non-hydrogen) atoms. The average Bonchev–Trinajstić information content (AvgIpc) is 3.51. The number of carbonyl (C=O) groups is 2. The number of hydrogen-bond acceptors (Lipinski definition) is 15. The summed E-state index contributed by atoms with van der Waals surface area (Å²) >= 11 is 1.16. The van der Waals surface area contributed by atoms with Gasteiger partial charge in [-0.2, -0.15) is 10.5 Å². The van der Waals surface area contributed by atoms with Crippen LogP contribution in [0.4, 0.5) is 16.4 Å². The minimum Gasteiger partial charge on any atom is -0.460 e. The van der Waals surface area contributed by atoms with Crippen LogP contribution in [0.5, 0.6) is 0 Å². The fraction of sp³-hybridized carbons (Fsp3) is 0.500. The molecule has 3 aromatic rings.